The van der Waals surface area contributed by atoms with Crippen molar-refractivity contribution in [3.63, 3.8) is 0 Å². The first-order valence-corrected chi connectivity index (χ1v) is 9.31. The Morgan fingerprint density at radius 3 is 2.42 bits per heavy atom. The third-order valence-corrected chi connectivity index (χ3v) is 5.32. The molecule has 24 heavy (non-hydrogen) atoms. The lowest BCUT2D eigenvalue weighted by Gasteiger charge is -2.22. The zero-order valence-electron chi connectivity index (χ0n) is 14.3. The smallest absolute Gasteiger partial charge is 0.241 e. The fourth-order valence-corrected chi connectivity index (χ4v) is 4.00. The van der Waals surface area contributed by atoms with Crippen LogP contribution < -0.4 is 15.4 Å². The molecule has 0 radical (unpaired) electrons. The van der Waals surface area contributed by atoms with Crippen molar-refractivity contribution >= 4 is 34.0 Å². The summed E-state index contributed by atoms with van der Waals surface area (Å²) < 4.78 is 27.3. The van der Waals surface area contributed by atoms with Gasteiger partial charge in [0.25, 0.3) is 0 Å². The Morgan fingerprint density at radius 1 is 1.21 bits per heavy atom. The van der Waals surface area contributed by atoms with Crippen LogP contribution in [0.15, 0.2) is 29.2 Å². The molecule has 1 amide bonds. The molecule has 2 rings (SSSR count). The summed E-state index contributed by atoms with van der Waals surface area (Å²) >= 11 is 0. The fraction of sp³-hybridized carbons (Fsp3) is 0.562. The summed E-state index contributed by atoms with van der Waals surface area (Å²) in [4.78, 5) is 12.4. The lowest BCUT2D eigenvalue weighted by Crippen LogP contribution is -2.40. The van der Waals surface area contributed by atoms with Crippen molar-refractivity contribution in [3.8, 4) is 0 Å². The van der Waals surface area contributed by atoms with Gasteiger partial charge in [-0.15, -0.1) is 12.4 Å². The van der Waals surface area contributed by atoms with Crippen LogP contribution in [0.1, 0.15) is 33.6 Å². The number of amides is 1. The molecule has 1 aromatic rings. The van der Waals surface area contributed by atoms with Gasteiger partial charge in [0.15, 0.2) is 0 Å². The molecule has 1 aromatic carbocycles. The predicted molar refractivity (Wildman–Crippen MR) is 98.0 cm³/mol. The Bertz CT molecular complexity index is 665. The SMILES string of the molecule is CC(C)(C)NS(=O)(=O)c1cccc(NC(=O)C2CCNCC2)c1.Cl. The van der Waals surface area contributed by atoms with E-state index in [4.69, 9.17) is 0 Å². The highest BCUT2D eigenvalue weighted by atomic mass is 35.5. The van der Waals surface area contributed by atoms with E-state index in [1.807, 2.05) is 0 Å². The number of halogens is 1. The lowest BCUT2D eigenvalue weighted by molar-refractivity contribution is -0.120. The molecule has 0 saturated carbocycles. The van der Waals surface area contributed by atoms with E-state index < -0.39 is 15.6 Å². The van der Waals surface area contributed by atoms with Gasteiger partial charge in [-0.2, -0.15) is 0 Å². The van der Waals surface area contributed by atoms with Gasteiger partial charge < -0.3 is 10.6 Å². The van der Waals surface area contributed by atoms with E-state index in [2.05, 4.69) is 15.4 Å². The summed E-state index contributed by atoms with van der Waals surface area (Å²) in [5.41, 5.74) is -0.0574. The van der Waals surface area contributed by atoms with E-state index in [9.17, 15) is 13.2 Å². The van der Waals surface area contributed by atoms with Gasteiger partial charge in [0.2, 0.25) is 15.9 Å². The zero-order valence-corrected chi connectivity index (χ0v) is 15.9. The predicted octanol–water partition coefficient (Wildman–Crippen LogP) is 2.12. The molecular weight excluding hydrogens is 350 g/mol. The number of rotatable bonds is 4. The number of nitrogens with one attached hydrogen (secondary N) is 3. The largest absolute Gasteiger partial charge is 0.326 e. The third kappa shape index (κ3) is 6.05. The van der Waals surface area contributed by atoms with Crippen LogP contribution in [0.25, 0.3) is 0 Å². The Kier molecular flexibility index (Phi) is 7.22. The van der Waals surface area contributed by atoms with Crippen molar-refractivity contribution in [2.24, 2.45) is 5.92 Å². The van der Waals surface area contributed by atoms with Crippen molar-refractivity contribution in [2.75, 3.05) is 18.4 Å². The fourth-order valence-electron chi connectivity index (χ4n) is 2.53. The number of piperidine rings is 1. The highest BCUT2D eigenvalue weighted by molar-refractivity contribution is 7.89. The summed E-state index contributed by atoms with van der Waals surface area (Å²) in [7, 11) is -3.61. The first-order valence-electron chi connectivity index (χ1n) is 7.83. The van der Waals surface area contributed by atoms with Gasteiger partial charge in [-0.25, -0.2) is 13.1 Å². The van der Waals surface area contributed by atoms with Crippen LogP contribution >= 0.6 is 12.4 Å². The minimum Gasteiger partial charge on any atom is -0.326 e. The number of carbonyl (C=O) groups is 1. The van der Waals surface area contributed by atoms with Crippen LogP contribution in [-0.2, 0) is 14.8 Å². The Hall–Kier alpha value is -1.15. The number of sulfonamides is 1. The number of hydrogen-bond donors (Lipinski definition) is 3. The average Bonchev–Trinajstić information content (AvgIpc) is 2.46. The minimum absolute atomic E-state index is 0. The monoisotopic (exact) mass is 375 g/mol. The van der Waals surface area contributed by atoms with E-state index >= 15 is 0 Å². The van der Waals surface area contributed by atoms with Crippen LogP contribution in [0.4, 0.5) is 5.69 Å². The molecule has 1 fully saturated rings. The van der Waals surface area contributed by atoms with E-state index in [1.54, 1.807) is 32.9 Å². The van der Waals surface area contributed by atoms with Crippen LogP contribution in [0.2, 0.25) is 0 Å². The molecule has 0 spiro atoms. The van der Waals surface area contributed by atoms with E-state index in [0.717, 1.165) is 25.9 Å². The number of carbonyl (C=O) groups excluding carboxylic acids is 1. The Morgan fingerprint density at radius 2 is 1.83 bits per heavy atom. The molecule has 1 saturated heterocycles. The molecule has 1 aliphatic rings. The molecule has 136 valence electrons. The van der Waals surface area contributed by atoms with Gasteiger partial charge in [-0.1, -0.05) is 6.07 Å². The Balaban J connectivity index is 0.00000288. The summed E-state index contributed by atoms with van der Waals surface area (Å²) in [5.74, 6) is -0.0750. The highest BCUT2D eigenvalue weighted by Crippen LogP contribution is 2.20. The topological polar surface area (TPSA) is 87.3 Å². The number of benzene rings is 1. The second-order valence-corrected chi connectivity index (χ2v) is 8.58. The van der Waals surface area contributed by atoms with Gasteiger partial charge in [0.1, 0.15) is 0 Å². The van der Waals surface area contributed by atoms with Gasteiger partial charge in [-0.3, -0.25) is 4.79 Å². The molecule has 0 aromatic heterocycles. The van der Waals surface area contributed by atoms with Crippen LogP contribution in [0.3, 0.4) is 0 Å². The van der Waals surface area contributed by atoms with Crippen molar-refractivity contribution in [1.29, 1.82) is 0 Å². The summed E-state index contributed by atoms with van der Waals surface area (Å²) in [6.07, 6.45) is 1.60. The first-order chi connectivity index (χ1) is 10.7. The van der Waals surface area contributed by atoms with Gasteiger partial charge in [-0.05, 0) is 64.9 Å². The summed E-state index contributed by atoms with van der Waals surface area (Å²) in [5, 5.41) is 6.04. The maximum atomic E-state index is 12.4. The second kappa shape index (κ2) is 8.29. The third-order valence-electron chi connectivity index (χ3n) is 3.56. The van der Waals surface area contributed by atoms with E-state index in [1.165, 1.54) is 12.1 Å². The van der Waals surface area contributed by atoms with Crippen molar-refractivity contribution in [2.45, 2.75) is 44.0 Å². The van der Waals surface area contributed by atoms with E-state index in [0.29, 0.717) is 5.69 Å². The van der Waals surface area contributed by atoms with Crippen molar-refractivity contribution in [3.05, 3.63) is 24.3 Å². The Labute approximate surface area is 150 Å². The standard InChI is InChI=1S/C16H25N3O3S.ClH/c1-16(2,3)19-23(21,22)14-6-4-5-13(11-14)18-15(20)12-7-9-17-10-8-12;/h4-6,11-12,17,19H,7-10H2,1-3H3,(H,18,20);1H. The summed E-state index contributed by atoms with van der Waals surface area (Å²) in [6, 6.07) is 6.35. The molecule has 6 nitrogen and oxygen atoms in total. The first kappa shape index (κ1) is 20.9. The molecule has 0 unspecified atom stereocenters. The minimum atomic E-state index is -3.61. The molecular formula is C16H26ClN3O3S. The van der Waals surface area contributed by atoms with Crippen LogP contribution in [0.5, 0.6) is 0 Å². The van der Waals surface area contributed by atoms with Crippen molar-refractivity contribution < 1.29 is 13.2 Å². The number of hydrogen-bond acceptors (Lipinski definition) is 4. The molecule has 0 bridgehead atoms. The maximum Gasteiger partial charge on any atom is 0.241 e. The second-order valence-electron chi connectivity index (χ2n) is 6.90. The average molecular weight is 376 g/mol. The van der Waals surface area contributed by atoms with Crippen LogP contribution in [-0.4, -0.2) is 33.0 Å². The highest BCUT2D eigenvalue weighted by Gasteiger charge is 2.23. The summed E-state index contributed by atoms with van der Waals surface area (Å²) in [6.45, 7) is 7.03. The van der Waals surface area contributed by atoms with E-state index in [-0.39, 0.29) is 29.1 Å². The quantitative estimate of drug-likeness (QED) is 0.752. The molecule has 0 aliphatic carbocycles. The van der Waals surface area contributed by atoms with Gasteiger partial charge in [0.05, 0.1) is 4.90 Å². The van der Waals surface area contributed by atoms with Crippen LogP contribution in [0, 0.1) is 5.92 Å². The lowest BCUT2D eigenvalue weighted by atomic mass is 9.97. The van der Waals surface area contributed by atoms with Gasteiger partial charge in [0, 0.05) is 17.1 Å². The molecule has 1 heterocycles. The molecule has 3 N–H and O–H groups in total. The normalized spacial score (nSPS) is 16.3. The maximum absolute atomic E-state index is 12.4. The molecule has 8 heteroatoms. The number of anilines is 1. The zero-order chi connectivity index (χ0) is 17.1. The molecule has 0 atom stereocenters. The van der Waals surface area contributed by atoms with Gasteiger partial charge >= 0.3 is 0 Å². The van der Waals surface area contributed by atoms with Crippen molar-refractivity contribution in [1.82, 2.24) is 10.0 Å². The molecule has 1 aliphatic heterocycles.